The first-order chi connectivity index (χ1) is 8.84. The molecule has 6 heteroatoms. The number of nitrogens with two attached hydrogens (primary N) is 1. The third-order valence-corrected chi connectivity index (χ3v) is 6.38. The molecule has 2 fully saturated rings. The molecular formula is C13H24N2O3S. The number of hydrogen-bond donors (Lipinski definition) is 2. The molecule has 1 saturated carbocycles. The fraction of sp³-hybridized carbons (Fsp3) is 0.923. The van der Waals surface area contributed by atoms with E-state index in [2.05, 4.69) is 5.32 Å². The monoisotopic (exact) mass is 288 g/mol. The second-order valence-corrected chi connectivity index (χ2v) is 8.53. The highest BCUT2D eigenvalue weighted by Crippen LogP contribution is 2.30. The van der Waals surface area contributed by atoms with Crippen LogP contribution in [0.15, 0.2) is 0 Å². The van der Waals surface area contributed by atoms with Crippen molar-refractivity contribution in [3.8, 4) is 0 Å². The van der Waals surface area contributed by atoms with Crippen LogP contribution in [0.25, 0.3) is 0 Å². The highest BCUT2D eigenvalue weighted by Gasteiger charge is 2.40. The van der Waals surface area contributed by atoms with Crippen molar-refractivity contribution >= 4 is 15.7 Å². The smallest absolute Gasteiger partial charge is 0.223 e. The first kappa shape index (κ1) is 14.8. The highest BCUT2D eigenvalue weighted by atomic mass is 32.2. The van der Waals surface area contributed by atoms with Crippen molar-refractivity contribution in [1.82, 2.24) is 5.32 Å². The van der Waals surface area contributed by atoms with Crippen LogP contribution >= 0.6 is 0 Å². The van der Waals surface area contributed by atoms with Crippen LogP contribution in [0.4, 0.5) is 0 Å². The minimum absolute atomic E-state index is 0.0232. The van der Waals surface area contributed by atoms with Gasteiger partial charge in [-0.2, -0.15) is 0 Å². The fourth-order valence-electron chi connectivity index (χ4n) is 3.17. The number of carbonyl (C=O) groups excluding carboxylic acids is 1. The van der Waals surface area contributed by atoms with Gasteiger partial charge in [-0.3, -0.25) is 4.79 Å². The topological polar surface area (TPSA) is 89.3 Å². The molecule has 3 N–H and O–H groups in total. The number of amides is 1. The van der Waals surface area contributed by atoms with E-state index < -0.39 is 15.4 Å². The molecule has 0 aromatic heterocycles. The highest BCUT2D eigenvalue weighted by molar-refractivity contribution is 7.91. The summed E-state index contributed by atoms with van der Waals surface area (Å²) in [6.07, 6.45) is 4.28. The van der Waals surface area contributed by atoms with Gasteiger partial charge in [0.05, 0.1) is 17.0 Å². The summed E-state index contributed by atoms with van der Waals surface area (Å²) in [6.45, 7) is 2.53. The van der Waals surface area contributed by atoms with E-state index in [1.165, 1.54) is 0 Å². The van der Waals surface area contributed by atoms with E-state index in [-0.39, 0.29) is 23.3 Å². The summed E-state index contributed by atoms with van der Waals surface area (Å²) in [5.41, 5.74) is 5.07. The molecule has 1 atom stereocenters. The second kappa shape index (κ2) is 5.40. The molecule has 0 radical (unpaired) electrons. The minimum Gasteiger partial charge on any atom is -0.350 e. The van der Waals surface area contributed by atoms with Crippen LogP contribution in [0, 0.1) is 11.8 Å². The van der Waals surface area contributed by atoms with E-state index in [0.29, 0.717) is 18.9 Å². The van der Waals surface area contributed by atoms with E-state index in [4.69, 9.17) is 5.73 Å². The summed E-state index contributed by atoms with van der Waals surface area (Å²) in [4.78, 5) is 12.2. The first-order valence-corrected chi connectivity index (χ1v) is 8.88. The molecule has 1 unspecified atom stereocenters. The Bertz CT molecular complexity index is 441. The van der Waals surface area contributed by atoms with Crippen LogP contribution in [0.1, 0.15) is 39.0 Å². The van der Waals surface area contributed by atoms with Gasteiger partial charge in [0.2, 0.25) is 5.91 Å². The molecule has 1 heterocycles. The molecule has 1 amide bonds. The third-order valence-electron chi connectivity index (χ3n) is 4.48. The number of hydrogen-bond acceptors (Lipinski definition) is 4. The number of sulfone groups is 1. The fourth-order valence-corrected chi connectivity index (χ4v) is 5.26. The molecule has 19 heavy (non-hydrogen) atoms. The van der Waals surface area contributed by atoms with Crippen LogP contribution in [0.2, 0.25) is 0 Å². The molecule has 0 bridgehead atoms. The lowest BCUT2D eigenvalue weighted by molar-refractivity contribution is -0.127. The van der Waals surface area contributed by atoms with Gasteiger partial charge in [-0.25, -0.2) is 8.42 Å². The average Bonchev–Trinajstić information content (AvgIpc) is 2.63. The molecule has 5 nitrogen and oxygen atoms in total. The van der Waals surface area contributed by atoms with Gasteiger partial charge < -0.3 is 11.1 Å². The summed E-state index contributed by atoms with van der Waals surface area (Å²) >= 11 is 0. The Balaban J connectivity index is 1.88. The molecule has 2 rings (SSSR count). The Morgan fingerprint density at radius 2 is 1.95 bits per heavy atom. The number of carbonyl (C=O) groups is 1. The molecule has 0 spiro atoms. The third kappa shape index (κ3) is 3.69. The Kier molecular flexibility index (Phi) is 4.20. The molecule has 1 aliphatic heterocycles. The average molecular weight is 288 g/mol. The van der Waals surface area contributed by atoms with Crippen LogP contribution < -0.4 is 11.1 Å². The Labute approximate surface area is 115 Å². The van der Waals surface area contributed by atoms with Crippen molar-refractivity contribution < 1.29 is 13.2 Å². The van der Waals surface area contributed by atoms with Crippen molar-refractivity contribution in [2.45, 2.75) is 44.6 Å². The van der Waals surface area contributed by atoms with Gasteiger partial charge in [-0.1, -0.05) is 0 Å². The lowest BCUT2D eigenvalue weighted by atomic mass is 9.81. The Hall–Kier alpha value is -0.620. The van der Waals surface area contributed by atoms with E-state index in [9.17, 15) is 13.2 Å². The van der Waals surface area contributed by atoms with Gasteiger partial charge in [-0.05, 0) is 51.5 Å². The molecule has 1 aliphatic carbocycles. The van der Waals surface area contributed by atoms with Crippen molar-refractivity contribution in [3.63, 3.8) is 0 Å². The number of rotatable bonds is 3. The largest absolute Gasteiger partial charge is 0.350 e. The van der Waals surface area contributed by atoms with Crippen molar-refractivity contribution in [2.24, 2.45) is 17.6 Å². The van der Waals surface area contributed by atoms with Crippen molar-refractivity contribution in [3.05, 3.63) is 0 Å². The molecule has 0 aromatic carbocycles. The zero-order valence-electron chi connectivity index (χ0n) is 11.5. The van der Waals surface area contributed by atoms with E-state index in [1.54, 1.807) is 0 Å². The predicted molar refractivity (Wildman–Crippen MR) is 74.3 cm³/mol. The maximum absolute atomic E-state index is 12.2. The van der Waals surface area contributed by atoms with E-state index in [0.717, 1.165) is 25.7 Å². The molecule has 0 aromatic rings. The van der Waals surface area contributed by atoms with Crippen LogP contribution in [0.5, 0.6) is 0 Å². The lowest BCUT2D eigenvalue weighted by Crippen LogP contribution is -2.49. The lowest BCUT2D eigenvalue weighted by Gasteiger charge is -2.31. The molecule has 1 saturated heterocycles. The Morgan fingerprint density at radius 1 is 1.32 bits per heavy atom. The second-order valence-electron chi connectivity index (χ2n) is 6.35. The standard InChI is InChI=1S/C13H24N2O3S/c1-13(6-7-19(17,18)9-13)15-12(16)11-4-2-10(8-14)3-5-11/h10-11H,2-9,14H2,1H3,(H,15,16). The SMILES string of the molecule is CC1(NC(=O)C2CCC(CN)CC2)CCS(=O)(=O)C1. The molecule has 110 valence electrons. The van der Waals surface area contributed by atoms with Crippen LogP contribution in [0.3, 0.4) is 0 Å². The zero-order valence-corrected chi connectivity index (χ0v) is 12.3. The maximum atomic E-state index is 12.2. The van der Waals surface area contributed by atoms with E-state index in [1.807, 2.05) is 6.92 Å². The first-order valence-electron chi connectivity index (χ1n) is 7.06. The summed E-state index contributed by atoms with van der Waals surface area (Å²) in [5, 5.41) is 2.96. The Morgan fingerprint density at radius 3 is 2.42 bits per heavy atom. The van der Waals surface area contributed by atoms with E-state index >= 15 is 0 Å². The van der Waals surface area contributed by atoms with Crippen LogP contribution in [-0.4, -0.2) is 37.9 Å². The number of nitrogens with one attached hydrogen (secondary N) is 1. The minimum atomic E-state index is -2.97. The quantitative estimate of drug-likeness (QED) is 0.789. The van der Waals surface area contributed by atoms with Crippen molar-refractivity contribution in [1.29, 1.82) is 0 Å². The van der Waals surface area contributed by atoms with Crippen LogP contribution in [-0.2, 0) is 14.6 Å². The molecular weight excluding hydrogens is 264 g/mol. The summed E-state index contributed by atoms with van der Waals surface area (Å²) in [5.74, 6) is 0.859. The van der Waals surface area contributed by atoms with Gasteiger partial charge in [0, 0.05) is 5.92 Å². The van der Waals surface area contributed by atoms with Crippen molar-refractivity contribution in [2.75, 3.05) is 18.1 Å². The maximum Gasteiger partial charge on any atom is 0.223 e. The van der Waals surface area contributed by atoms with Gasteiger partial charge in [0.15, 0.2) is 9.84 Å². The molecule has 2 aliphatic rings. The summed E-state index contributed by atoms with van der Waals surface area (Å²) < 4.78 is 23.0. The zero-order chi connectivity index (χ0) is 14.1. The summed E-state index contributed by atoms with van der Waals surface area (Å²) in [6, 6.07) is 0. The van der Waals surface area contributed by atoms with Gasteiger partial charge >= 0.3 is 0 Å². The van der Waals surface area contributed by atoms with Gasteiger partial charge in [0.25, 0.3) is 0 Å². The normalized spacial score (nSPS) is 38.0. The summed E-state index contributed by atoms with van der Waals surface area (Å²) in [7, 11) is -2.97. The van der Waals surface area contributed by atoms with Gasteiger partial charge in [-0.15, -0.1) is 0 Å². The predicted octanol–water partition coefficient (Wildman–Crippen LogP) is 0.445. The van der Waals surface area contributed by atoms with Gasteiger partial charge in [0.1, 0.15) is 0 Å².